The van der Waals surface area contributed by atoms with Crippen molar-refractivity contribution in [2.45, 2.75) is 6.42 Å². The smallest absolute Gasteiger partial charge is 0.268 e. The zero-order chi connectivity index (χ0) is 6.69. The third-order valence-corrected chi connectivity index (χ3v) is 1.00. The van der Waals surface area contributed by atoms with Crippen LogP contribution in [0.2, 0.25) is 0 Å². The number of carbonyl (C=O) groups excluding carboxylic acids is 1. The molecule has 1 N–H and O–H groups in total. The van der Waals surface area contributed by atoms with E-state index in [0.717, 1.165) is 0 Å². The lowest BCUT2D eigenvalue weighted by Gasteiger charge is -1.91. The van der Waals surface area contributed by atoms with E-state index in [0.29, 0.717) is 12.1 Å². The minimum Gasteiger partial charge on any atom is -0.388 e. The molecule has 0 unspecified atom stereocenters. The van der Waals surface area contributed by atoms with Gasteiger partial charge in [0.2, 0.25) is 0 Å². The van der Waals surface area contributed by atoms with Crippen molar-refractivity contribution in [1.29, 1.82) is 0 Å². The minimum atomic E-state index is -0.177. The summed E-state index contributed by atoms with van der Waals surface area (Å²) in [6.45, 7) is 1.48. The number of nitrogens with one attached hydrogen (secondary N) is 1. The van der Waals surface area contributed by atoms with Crippen LogP contribution < -0.4 is 5.32 Å². The van der Waals surface area contributed by atoms with E-state index in [-0.39, 0.29) is 5.91 Å². The molecule has 1 radical (unpaired) electrons. The molecular weight excluding hydrogens is 120 g/mol. The van der Waals surface area contributed by atoms with E-state index in [4.69, 9.17) is 0 Å². The number of nitrogens with zero attached hydrogens (tertiary/aromatic N) is 1. The minimum absolute atomic E-state index is 0.177. The molecule has 0 aromatic rings. The first-order valence-corrected chi connectivity index (χ1v) is 2.61. The Hall–Kier alpha value is -1.06. The lowest BCUT2D eigenvalue weighted by atomic mass is 10.3. The molecule has 0 saturated carbocycles. The Morgan fingerprint density at radius 1 is 2.00 bits per heavy atom. The first kappa shape index (κ1) is 6.07. The van der Waals surface area contributed by atoms with Crippen LogP contribution in [0.5, 0.6) is 0 Å². The van der Waals surface area contributed by atoms with E-state index < -0.39 is 0 Å². The van der Waals surface area contributed by atoms with Crippen LogP contribution in [0.3, 0.4) is 0 Å². The topological polar surface area (TPSA) is 50.7 Å². The molecule has 0 aromatic heterocycles. The maximum Gasteiger partial charge on any atom is 0.268 e. The summed E-state index contributed by atoms with van der Waals surface area (Å²) in [5.74, 6) is -0.177. The molecule has 49 valence electrons. The van der Waals surface area contributed by atoms with Crippen molar-refractivity contribution in [1.82, 2.24) is 5.32 Å². The van der Waals surface area contributed by atoms with Crippen LogP contribution in [0.4, 0.5) is 0 Å². The Balaban J connectivity index is 2.51. The second-order valence-corrected chi connectivity index (χ2v) is 1.59. The van der Waals surface area contributed by atoms with Crippen molar-refractivity contribution in [3.05, 3.63) is 6.61 Å². The van der Waals surface area contributed by atoms with Gasteiger partial charge in [0.15, 0.2) is 6.61 Å². The number of oxime groups is 1. The summed E-state index contributed by atoms with van der Waals surface area (Å²) in [5.41, 5.74) is 0.428. The first-order chi connectivity index (χ1) is 4.34. The Kier molecular flexibility index (Phi) is 1.67. The summed E-state index contributed by atoms with van der Waals surface area (Å²) >= 11 is 0. The largest absolute Gasteiger partial charge is 0.388 e. The fourth-order valence-corrected chi connectivity index (χ4v) is 0.533. The SMILES string of the molecule is CNC(=O)C1=NO[CH]C1. The summed E-state index contributed by atoms with van der Waals surface area (Å²) < 4.78 is 0. The van der Waals surface area contributed by atoms with Crippen molar-refractivity contribution in [3.63, 3.8) is 0 Å². The summed E-state index contributed by atoms with van der Waals surface area (Å²) in [6, 6.07) is 0. The van der Waals surface area contributed by atoms with Crippen LogP contribution >= 0.6 is 0 Å². The number of hydrogen-bond acceptors (Lipinski definition) is 3. The molecule has 1 heterocycles. The first-order valence-electron chi connectivity index (χ1n) is 2.61. The Morgan fingerprint density at radius 2 is 2.78 bits per heavy atom. The predicted octanol–water partition coefficient (Wildman–Crippen LogP) is -0.330. The van der Waals surface area contributed by atoms with Crippen molar-refractivity contribution in [3.8, 4) is 0 Å². The molecule has 1 aliphatic rings. The Morgan fingerprint density at radius 3 is 3.22 bits per heavy atom. The zero-order valence-corrected chi connectivity index (χ0v) is 5.05. The molecule has 0 saturated heterocycles. The highest BCUT2D eigenvalue weighted by atomic mass is 16.6. The van der Waals surface area contributed by atoms with Gasteiger partial charge in [0.05, 0.1) is 0 Å². The third kappa shape index (κ3) is 1.19. The molecule has 1 amide bonds. The molecular formula is C5H7N2O2. The summed E-state index contributed by atoms with van der Waals surface area (Å²) in [4.78, 5) is 15.2. The molecule has 4 heteroatoms. The molecule has 0 spiro atoms. The number of amides is 1. The van der Waals surface area contributed by atoms with Gasteiger partial charge in [-0.3, -0.25) is 4.79 Å². The summed E-state index contributed by atoms with van der Waals surface area (Å²) in [6.07, 6.45) is 0.500. The van der Waals surface area contributed by atoms with Gasteiger partial charge in [0.25, 0.3) is 5.91 Å². The van der Waals surface area contributed by atoms with Crippen LogP contribution in [0, 0.1) is 6.61 Å². The van der Waals surface area contributed by atoms with Gasteiger partial charge >= 0.3 is 0 Å². The van der Waals surface area contributed by atoms with Gasteiger partial charge in [0.1, 0.15) is 5.71 Å². The van der Waals surface area contributed by atoms with E-state index in [1.54, 1.807) is 7.05 Å². The van der Waals surface area contributed by atoms with Gasteiger partial charge in [-0.1, -0.05) is 5.16 Å². The van der Waals surface area contributed by atoms with E-state index in [2.05, 4.69) is 15.3 Å². The molecule has 9 heavy (non-hydrogen) atoms. The second kappa shape index (κ2) is 2.48. The standard InChI is InChI=1S/C5H7N2O2/c1-6-5(8)4-2-3-9-7-4/h3H,2H2,1H3,(H,6,8). The molecule has 0 aromatic carbocycles. The van der Waals surface area contributed by atoms with Gasteiger partial charge in [-0.15, -0.1) is 0 Å². The van der Waals surface area contributed by atoms with E-state index in [1.165, 1.54) is 6.61 Å². The number of carbonyl (C=O) groups is 1. The quantitative estimate of drug-likeness (QED) is 0.524. The van der Waals surface area contributed by atoms with Gasteiger partial charge < -0.3 is 10.2 Å². The average molecular weight is 127 g/mol. The molecule has 0 atom stereocenters. The molecule has 1 rings (SSSR count). The normalized spacial score (nSPS) is 16.3. The second-order valence-electron chi connectivity index (χ2n) is 1.59. The fraction of sp³-hybridized carbons (Fsp3) is 0.400. The van der Waals surface area contributed by atoms with Gasteiger partial charge in [0, 0.05) is 13.5 Å². The van der Waals surface area contributed by atoms with Crippen molar-refractivity contribution < 1.29 is 9.63 Å². The summed E-state index contributed by atoms with van der Waals surface area (Å²) in [7, 11) is 1.56. The monoisotopic (exact) mass is 127 g/mol. The van der Waals surface area contributed by atoms with Crippen molar-refractivity contribution in [2.75, 3.05) is 7.05 Å². The van der Waals surface area contributed by atoms with E-state index >= 15 is 0 Å². The molecule has 1 aliphatic heterocycles. The highest BCUT2D eigenvalue weighted by Gasteiger charge is 2.15. The zero-order valence-electron chi connectivity index (χ0n) is 5.05. The summed E-state index contributed by atoms with van der Waals surface area (Å²) in [5, 5.41) is 5.89. The van der Waals surface area contributed by atoms with Crippen LogP contribution in [-0.4, -0.2) is 18.7 Å². The van der Waals surface area contributed by atoms with Gasteiger partial charge in [-0.05, 0) is 0 Å². The van der Waals surface area contributed by atoms with Crippen molar-refractivity contribution >= 4 is 11.6 Å². The van der Waals surface area contributed by atoms with Crippen molar-refractivity contribution in [2.24, 2.45) is 5.16 Å². The van der Waals surface area contributed by atoms with Crippen LogP contribution in [0.25, 0.3) is 0 Å². The average Bonchev–Trinajstić information content (AvgIpc) is 2.37. The highest BCUT2D eigenvalue weighted by molar-refractivity contribution is 6.39. The molecule has 0 bridgehead atoms. The number of hydrogen-bond donors (Lipinski definition) is 1. The molecule has 0 aliphatic carbocycles. The molecule has 0 fully saturated rings. The Labute approximate surface area is 52.9 Å². The lowest BCUT2D eigenvalue weighted by Crippen LogP contribution is -2.25. The van der Waals surface area contributed by atoms with Gasteiger partial charge in [-0.2, -0.15) is 0 Å². The van der Waals surface area contributed by atoms with Crippen LogP contribution in [0.1, 0.15) is 6.42 Å². The Bertz CT molecular complexity index is 153. The lowest BCUT2D eigenvalue weighted by molar-refractivity contribution is -0.114. The number of rotatable bonds is 1. The van der Waals surface area contributed by atoms with Crippen LogP contribution in [0.15, 0.2) is 5.16 Å². The maximum absolute atomic E-state index is 10.7. The fourth-order valence-electron chi connectivity index (χ4n) is 0.533. The predicted molar refractivity (Wildman–Crippen MR) is 31.5 cm³/mol. The van der Waals surface area contributed by atoms with Gasteiger partial charge in [-0.25, -0.2) is 0 Å². The van der Waals surface area contributed by atoms with E-state index in [1.807, 2.05) is 0 Å². The van der Waals surface area contributed by atoms with E-state index in [9.17, 15) is 4.79 Å². The maximum atomic E-state index is 10.7. The third-order valence-electron chi connectivity index (χ3n) is 1.00. The molecule has 4 nitrogen and oxygen atoms in total. The highest BCUT2D eigenvalue weighted by Crippen LogP contribution is 2.03. The van der Waals surface area contributed by atoms with Crippen LogP contribution in [-0.2, 0) is 9.63 Å².